The minimum absolute atomic E-state index is 0.0148. The summed E-state index contributed by atoms with van der Waals surface area (Å²) in [5.74, 6) is -0.823. The van der Waals surface area contributed by atoms with E-state index >= 15 is 0 Å². The average molecular weight is 295 g/mol. The Morgan fingerprint density at radius 2 is 1.74 bits per heavy atom. The second-order valence-electron chi connectivity index (χ2n) is 3.72. The first-order valence-corrected chi connectivity index (χ1v) is 6.12. The molecule has 0 spiro atoms. The third-order valence-corrected chi connectivity index (χ3v) is 2.92. The summed E-state index contributed by atoms with van der Waals surface area (Å²) < 4.78 is 0. The van der Waals surface area contributed by atoms with Crippen molar-refractivity contribution in [2.45, 2.75) is 6.42 Å². The van der Waals surface area contributed by atoms with Crippen LogP contribution in [0.5, 0.6) is 0 Å². The van der Waals surface area contributed by atoms with Gasteiger partial charge in [-0.3, -0.25) is 9.59 Å². The molecule has 0 atom stereocenters. The van der Waals surface area contributed by atoms with E-state index in [9.17, 15) is 9.59 Å². The Labute approximate surface area is 119 Å². The normalized spacial score (nSPS) is 10.2. The molecule has 0 amide bonds. The van der Waals surface area contributed by atoms with E-state index in [4.69, 9.17) is 23.2 Å². The molecule has 0 saturated heterocycles. The first-order chi connectivity index (χ1) is 9.08. The fourth-order valence-electron chi connectivity index (χ4n) is 1.48. The number of carbonyl (C=O) groups excluding carboxylic acids is 2. The zero-order chi connectivity index (χ0) is 13.8. The SMILES string of the molecule is O=C(CC(=O)c1ccc(Cl)cc1Cl)c1ncccn1. The Balaban J connectivity index is 2.15. The summed E-state index contributed by atoms with van der Waals surface area (Å²) in [5, 5.41) is 0.651. The number of Topliss-reactive ketones (excluding diaryl/α,β-unsaturated/α-hetero) is 2. The molecule has 1 aromatic carbocycles. The zero-order valence-corrected chi connectivity index (χ0v) is 11.1. The van der Waals surface area contributed by atoms with Crippen LogP contribution in [0.15, 0.2) is 36.7 Å². The number of benzene rings is 1. The molecule has 0 aliphatic carbocycles. The average Bonchev–Trinajstić information content (AvgIpc) is 2.39. The molecule has 2 aromatic rings. The van der Waals surface area contributed by atoms with Crippen LogP contribution in [-0.2, 0) is 0 Å². The van der Waals surface area contributed by atoms with Gasteiger partial charge in [-0.25, -0.2) is 9.97 Å². The smallest absolute Gasteiger partial charge is 0.207 e. The molecule has 0 N–H and O–H groups in total. The van der Waals surface area contributed by atoms with Crippen LogP contribution in [0, 0.1) is 0 Å². The maximum absolute atomic E-state index is 12.0. The number of hydrogen-bond acceptors (Lipinski definition) is 4. The van der Waals surface area contributed by atoms with Crippen molar-refractivity contribution in [3.05, 3.63) is 58.1 Å². The van der Waals surface area contributed by atoms with Crippen molar-refractivity contribution in [2.75, 3.05) is 0 Å². The number of halogens is 2. The van der Waals surface area contributed by atoms with E-state index in [0.717, 1.165) is 0 Å². The fourth-order valence-corrected chi connectivity index (χ4v) is 1.99. The van der Waals surface area contributed by atoms with Crippen LogP contribution in [0.2, 0.25) is 10.0 Å². The molecular weight excluding hydrogens is 287 g/mol. The van der Waals surface area contributed by atoms with Gasteiger partial charge in [-0.2, -0.15) is 0 Å². The van der Waals surface area contributed by atoms with Crippen LogP contribution in [0.25, 0.3) is 0 Å². The third-order valence-electron chi connectivity index (χ3n) is 2.37. The number of aromatic nitrogens is 2. The Morgan fingerprint density at radius 3 is 2.37 bits per heavy atom. The molecule has 6 heteroatoms. The molecule has 1 heterocycles. The lowest BCUT2D eigenvalue weighted by Crippen LogP contribution is -2.11. The predicted molar refractivity (Wildman–Crippen MR) is 71.8 cm³/mol. The van der Waals surface area contributed by atoms with E-state index in [2.05, 4.69) is 9.97 Å². The van der Waals surface area contributed by atoms with Gasteiger partial charge >= 0.3 is 0 Å². The maximum Gasteiger partial charge on any atom is 0.207 e. The summed E-state index contributed by atoms with van der Waals surface area (Å²) in [6.45, 7) is 0. The topological polar surface area (TPSA) is 59.9 Å². The van der Waals surface area contributed by atoms with Gasteiger partial charge < -0.3 is 0 Å². The second kappa shape index (κ2) is 5.91. The molecule has 0 fully saturated rings. The van der Waals surface area contributed by atoms with Crippen LogP contribution >= 0.6 is 23.2 Å². The van der Waals surface area contributed by atoms with Crippen LogP contribution in [-0.4, -0.2) is 21.5 Å². The van der Waals surface area contributed by atoms with Crippen molar-refractivity contribution < 1.29 is 9.59 Å². The fraction of sp³-hybridized carbons (Fsp3) is 0.0769. The van der Waals surface area contributed by atoms with Gasteiger partial charge in [0, 0.05) is 23.0 Å². The first-order valence-electron chi connectivity index (χ1n) is 5.36. The molecule has 2 rings (SSSR count). The number of rotatable bonds is 4. The number of hydrogen-bond donors (Lipinski definition) is 0. The highest BCUT2D eigenvalue weighted by Gasteiger charge is 2.17. The Kier molecular flexibility index (Phi) is 4.24. The molecular formula is C13H8Cl2N2O2. The lowest BCUT2D eigenvalue weighted by Gasteiger charge is -2.03. The molecule has 0 aliphatic heterocycles. The van der Waals surface area contributed by atoms with E-state index in [-0.39, 0.29) is 28.6 Å². The van der Waals surface area contributed by atoms with Gasteiger partial charge in [-0.15, -0.1) is 0 Å². The first kappa shape index (κ1) is 13.6. The van der Waals surface area contributed by atoms with E-state index in [1.807, 2.05) is 0 Å². The van der Waals surface area contributed by atoms with E-state index in [1.54, 1.807) is 12.1 Å². The Morgan fingerprint density at radius 1 is 1.05 bits per heavy atom. The van der Waals surface area contributed by atoms with Crippen molar-refractivity contribution in [1.82, 2.24) is 9.97 Å². The summed E-state index contributed by atoms with van der Waals surface area (Å²) in [6.07, 6.45) is 2.56. The predicted octanol–water partition coefficient (Wildman–Crippen LogP) is 3.24. The second-order valence-corrected chi connectivity index (χ2v) is 4.56. The standard InChI is InChI=1S/C13H8Cl2N2O2/c14-8-2-3-9(10(15)6-8)11(18)7-12(19)13-16-4-1-5-17-13/h1-6H,7H2. The molecule has 4 nitrogen and oxygen atoms in total. The molecule has 0 bridgehead atoms. The molecule has 0 saturated carbocycles. The van der Waals surface area contributed by atoms with Crippen LogP contribution in [0.1, 0.15) is 27.4 Å². The summed E-state index contributed by atoms with van der Waals surface area (Å²) in [5.41, 5.74) is 0.260. The van der Waals surface area contributed by atoms with Gasteiger partial charge in [0.15, 0.2) is 11.6 Å². The lowest BCUT2D eigenvalue weighted by atomic mass is 10.1. The van der Waals surface area contributed by atoms with Crippen molar-refractivity contribution in [2.24, 2.45) is 0 Å². The monoisotopic (exact) mass is 294 g/mol. The van der Waals surface area contributed by atoms with Crippen LogP contribution < -0.4 is 0 Å². The number of nitrogens with zero attached hydrogens (tertiary/aromatic N) is 2. The van der Waals surface area contributed by atoms with E-state index < -0.39 is 5.78 Å². The van der Waals surface area contributed by atoms with Gasteiger partial charge in [-0.1, -0.05) is 23.2 Å². The molecule has 1 aromatic heterocycles. The zero-order valence-electron chi connectivity index (χ0n) is 9.64. The summed E-state index contributed by atoms with van der Waals surface area (Å²) >= 11 is 11.6. The molecule has 0 aliphatic rings. The molecule has 0 unspecified atom stereocenters. The van der Waals surface area contributed by atoms with Crippen molar-refractivity contribution in [3.63, 3.8) is 0 Å². The summed E-state index contributed by atoms with van der Waals surface area (Å²) in [4.78, 5) is 31.3. The molecule has 0 radical (unpaired) electrons. The number of ketones is 2. The van der Waals surface area contributed by atoms with Crippen molar-refractivity contribution >= 4 is 34.8 Å². The minimum Gasteiger partial charge on any atom is -0.294 e. The largest absolute Gasteiger partial charge is 0.294 e. The van der Waals surface area contributed by atoms with Crippen molar-refractivity contribution in [1.29, 1.82) is 0 Å². The summed E-state index contributed by atoms with van der Waals surface area (Å²) in [7, 11) is 0. The quantitative estimate of drug-likeness (QED) is 0.641. The Hall–Kier alpha value is -1.78. The minimum atomic E-state index is -0.448. The highest BCUT2D eigenvalue weighted by molar-refractivity contribution is 6.37. The lowest BCUT2D eigenvalue weighted by molar-refractivity contribution is 0.0888. The van der Waals surface area contributed by atoms with Crippen LogP contribution in [0.4, 0.5) is 0 Å². The number of carbonyl (C=O) groups is 2. The highest BCUT2D eigenvalue weighted by atomic mass is 35.5. The van der Waals surface area contributed by atoms with Gasteiger partial charge in [0.25, 0.3) is 0 Å². The van der Waals surface area contributed by atoms with E-state index in [1.165, 1.54) is 24.5 Å². The van der Waals surface area contributed by atoms with Gasteiger partial charge in [0.05, 0.1) is 11.4 Å². The van der Waals surface area contributed by atoms with Crippen LogP contribution in [0.3, 0.4) is 0 Å². The van der Waals surface area contributed by atoms with Gasteiger partial charge in [0.2, 0.25) is 5.78 Å². The van der Waals surface area contributed by atoms with Gasteiger partial charge in [-0.05, 0) is 24.3 Å². The van der Waals surface area contributed by atoms with E-state index in [0.29, 0.717) is 5.02 Å². The van der Waals surface area contributed by atoms with Gasteiger partial charge in [0.1, 0.15) is 0 Å². The Bertz CT molecular complexity index is 630. The highest BCUT2D eigenvalue weighted by Crippen LogP contribution is 2.22. The maximum atomic E-state index is 12.0. The molecule has 19 heavy (non-hydrogen) atoms. The third kappa shape index (κ3) is 3.36. The van der Waals surface area contributed by atoms with Crippen molar-refractivity contribution in [3.8, 4) is 0 Å². The molecule has 96 valence electrons. The summed E-state index contributed by atoms with van der Waals surface area (Å²) in [6, 6.07) is 6.09.